The van der Waals surface area contributed by atoms with E-state index in [0.717, 1.165) is 19.5 Å². The van der Waals surface area contributed by atoms with E-state index in [2.05, 4.69) is 4.90 Å². The molecule has 0 spiro atoms. The zero-order valence-electron chi connectivity index (χ0n) is 11.4. The van der Waals surface area contributed by atoms with Crippen molar-refractivity contribution in [1.29, 1.82) is 0 Å². The van der Waals surface area contributed by atoms with Gasteiger partial charge in [0.25, 0.3) is 0 Å². The first-order chi connectivity index (χ1) is 8.93. The fourth-order valence-electron chi connectivity index (χ4n) is 2.55. The van der Waals surface area contributed by atoms with Crippen molar-refractivity contribution < 1.29 is 8.42 Å². The van der Waals surface area contributed by atoms with Crippen molar-refractivity contribution in [1.82, 2.24) is 9.21 Å². The first kappa shape index (κ1) is 14.3. The van der Waals surface area contributed by atoms with Crippen molar-refractivity contribution in [2.45, 2.75) is 24.3 Å². The van der Waals surface area contributed by atoms with E-state index in [4.69, 9.17) is 5.73 Å². The quantitative estimate of drug-likeness (QED) is 0.822. The Morgan fingerprint density at radius 2 is 1.95 bits per heavy atom. The SMILES string of the molecule is CC1CN(C)CCCN1S(=O)(=O)c1ccccc1N. The van der Waals surface area contributed by atoms with Gasteiger partial charge in [-0.3, -0.25) is 0 Å². The first-order valence-electron chi connectivity index (χ1n) is 6.48. The largest absolute Gasteiger partial charge is 0.398 e. The van der Waals surface area contributed by atoms with E-state index >= 15 is 0 Å². The number of anilines is 1. The molecule has 0 aromatic heterocycles. The highest BCUT2D eigenvalue weighted by molar-refractivity contribution is 7.89. The van der Waals surface area contributed by atoms with Gasteiger partial charge in [-0.15, -0.1) is 0 Å². The molecular formula is C13H21N3O2S. The van der Waals surface area contributed by atoms with E-state index < -0.39 is 10.0 Å². The second-order valence-electron chi connectivity index (χ2n) is 5.12. The molecule has 0 radical (unpaired) electrons. The average Bonchev–Trinajstić information content (AvgIpc) is 2.50. The number of hydrogen-bond acceptors (Lipinski definition) is 4. The smallest absolute Gasteiger partial charge is 0.245 e. The maximum Gasteiger partial charge on any atom is 0.245 e. The molecule has 1 aromatic rings. The molecule has 1 aliphatic heterocycles. The van der Waals surface area contributed by atoms with Crippen LogP contribution < -0.4 is 5.73 Å². The van der Waals surface area contributed by atoms with Crippen molar-refractivity contribution in [3.63, 3.8) is 0 Å². The molecule has 0 amide bonds. The summed E-state index contributed by atoms with van der Waals surface area (Å²) < 4.78 is 27.0. The molecule has 19 heavy (non-hydrogen) atoms. The molecule has 0 bridgehead atoms. The highest BCUT2D eigenvalue weighted by Gasteiger charge is 2.32. The number of nitrogens with zero attached hydrogens (tertiary/aromatic N) is 2. The molecule has 2 N–H and O–H groups in total. The Morgan fingerprint density at radius 3 is 2.63 bits per heavy atom. The molecule has 106 valence electrons. The molecule has 5 nitrogen and oxygen atoms in total. The van der Waals surface area contributed by atoms with Crippen LogP contribution in [0, 0.1) is 0 Å². The summed E-state index contributed by atoms with van der Waals surface area (Å²) in [5.41, 5.74) is 6.12. The van der Waals surface area contributed by atoms with Gasteiger partial charge < -0.3 is 10.6 Å². The van der Waals surface area contributed by atoms with E-state index in [-0.39, 0.29) is 10.9 Å². The van der Waals surface area contributed by atoms with E-state index in [1.807, 2.05) is 14.0 Å². The molecule has 1 unspecified atom stereocenters. The van der Waals surface area contributed by atoms with Gasteiger partial charge >= 0.3 is 0 Å². The molecule has 1 aliphatic rings. The van der Waals surface area contributed by atoms with Gasteiger partial charge in [0.05, 0.1) is 5.69 Å². The number of hydrogen-bond donors (Lipinski definition) is 1. The van der Waals surface area contributed by atoms with Crippen molar-refractivity contribution in [3.05, 3.63) is 24.3 Å². The Labute approximate surface area is 115 Å². The normalized spacial score (nSPS) is 23.2. The van der Waals surface area contributed by atoms with Crippen LogP contribution in [0.2, 0.25) is 0 Å². The fourth-order valence-corrected chi connectivity index (χ4v) is 4.33. The number of rotatable bonds is 2. The maximum atomic E-state index is 12.7. The van der Waals surface area contributed by atoms with Gasteiger partial charge in [-0.25, -0.2) is 8.42 Å². The molecule has 2 rings (SSSR count). The number of sulfonamides is 1. The lowest BCUT2D eigenvalue weighted by atomic mass is 10.3. The third kappa shape index (κ3) is 2.91. The van der Waals surface area contributed by atoms with E-state index in [1.54, 1.807) is 28.6 Å². The lowest BCUT2D eigenvalue weighted by Crippen LogP contribution is -2.42. The lowest BCUT2D eigenvalue weighted by Gasteiger charge is -2.27. The van der Waals surface area contributed by atoms with Gasteiger partial charge in [-0.05, 0) is 39.1 Å². The van der Waals surface area contributed by atoms with Gasteiger partial charge in [0.15, 0.2) is 0 Å². The van der Waals surface area contributed by atoms with Gasteiger partial charge in [-0.1, -0.05) is 12.1 Å². The van der Waals surface area contributed by atoms with Gasteiger partial charge in [-0.2, -0.15) is 4.31 Å². The first-order valence-corrected chi connectivity index (χ1v) is 7.92. The van der Waals surface area contributed by atoms with Crippen molar-refractivity contribution >= 4 is 15.7 Å². The summed E-state index contributed by atoms with van der Waals surface area (Å²) in [5.74, 6) is 0. The number of benzene rings is 1. The Bertz CT molecular complexity index is 545. The molecule has 1 atom stereocenters. The molecule has 0 saturated carbocycles. The van der Waals surface area contributed by atoms with Crippen LogP contribution in [0.5, 0.6) is 0 Å². The number of nitrogens with two attached hydrogens (primary N) is 1. The standard InChI is InChI=1S/C13H21N3O2S/c1-11-10-15(2)8-5-9-16(11)19(17,18)13-7-4-3-6-12(13)14/h3-4,6-7,11H,5,8-10,14H2,1-2H3. The molecule has 1 heterocycles. The summed E-state index contributed by atoms with van der Waals surface area (Å²) in [7, 11) is -1.49. The van der Waals surface area contributed by atoms with Crippen molar-refractivity contribution in [2.75, 3.05) is 32.4 Å². The van der Waals surface area contributed by atoms with Gasteiger partial charge in [0.1, 0.15) is 4.90 Å². The predicted molar refractivity (Wildman–Crippen MR) is 76.3 cm³/mol. The Hall–Kier alpha value is -1.11. The molecular weight excluding hydrogens is 262 g/mol. The minimum Gasteiger partial charge on any atom is -0.398 e. The van der Waals surface area contributed by atoms with Crippen LogP contribution in [-0.4, -0.2) is 50.3 Å². The van der Waals surface area contributed by atoms with Crippen LogP contribution >= 0.6 is 0 Å². The molecule has 1 saturated heterocycles. The second-order valence-corrected chi connectivity index (χ2v) is 6.98. The van der Waals surface area contributed by atoms with Crippen LogP contribution in [0.25, 0.3) is 0 Å². The topological polar surface area (TPSA) is 66.6 Å². The Morgan fingerprint density at radius 1 is 1.26 bits per heavy atom. The fraction of sp³-hybridized carbons (Fsp3) is 0.538. The van der Waals surface area contributed by atoms with Crippen molar-refractivity contribution in [3.8, 4) is 0 Å². The molecule has 1 aromatic carbocycles. The summed E-state index contributed by atoms with van der Waals surface area (Å²) in [6.45, 7) is 4.15. The van der Waals surface area contributed by atoms with Crippen LogP contribution in [0.1, 0.15) is 13.3 Å². The van der Waals surface area contributed by atoms with Gasteiger partial charge in [0.2, 0.25) is 10.0 Å². The van der Waals surface area contributed by atoms with Crippen LogP contribution in [0.4, 0.5) is 5.69 Å². The third-order valence-corrected chi connectivity index (χ3v) is 5.58. The minimum absolute atomic E-state index is 0.0443. The second kappa shape index (κ2) is 5.48. The van der Waals surface area contributed by atoms with Crippen LogP contribution in [0.15, 0.2) is 29.2 Å². The molecule has 1 fully saturated rings. The highest BCUT2D eigenvalue weighted by Crippen LogP contribution is 2.25. The minimum atomic E-state index is -3.51. The predicted octanol–water partition coefficient (Wildman–Crippen LogP) is 0.984. The molecule has 6 heteroatoms. The van der Waals surface area contributed by atoms with Crippen molar-refractivity contribution in [2.24, 2.45) is 0 Å². The van der Waals surface area contributed by atoms with E-state index in [1.165, 1.54) is 0 Å². The van der Waals surface area contributed by atoms with Gasteiger partial charge in [0, 0.05) is 19.1 Å². The zero-order chi connectivity index (χ0) is 14.0. The number of likely N-dealkylation sites (N-methyl/N-ethyl adjacent to an activating group) is 1. The Kier molecular flexibility index (Phi) is 4.13. The number of para-hydroxylation sites is 1. The van der Waals surface area contributed by atoms with E-state index in [9.17, 15) is 8.42 Å². The summed E-state index contributed by atoms with van der Waals surface area (Å²) in [4.78, 5) is 2.38. The Balaban J connectivity index is 2.36. The van der Waals surface area contributed by atoms with E-state index in [0.29, 0.717) is 12.2 Å². The average molecular weight is 283 g/mol. The zero-order valence-corrected chi connectivity index (χ0v) is 12.2. The van der Waals surface area contributed by atoms with Crippen LogP contribution in [-0.2, 0) is 10.0 Å². The summed E-state index contributed by atoms with van der Waals surface area (Å²) in [6.07, 6.45) is 0.840. The van der Waals surface area contributed by atoms with Crippen LogP contribution in [0.3, 0.4) is 0 Å². The number of nitrogen functional groups attached to an aromatic ring is 1. The molecule has 0 aliphatic carbocycles. The summed E-state index contributed by atoms with van der Waals surface area (Å²) in [5, 5.41) is 0. The third-order valence-electron chi connectivity index (χ3n) is 3.49. The summed E-state index contributed by atoms with van der Waals surface area (Å²) >= 11 is 0. The monoisotopic (exact) mass is 283 g/mol. The highest BCUT2D eigenvalue weighted by atomic mass is 32.2. The summed E-state index contributed by atoms with van der Waals surface area (Å²) in [6, 6.07) is 6.61. The maximum absolute atomic E-state index is 12.7. The lowest BCUT2D eigenvalue weighted by molar-refractivity contribution is 0.290.